The lowest BCUT2D eigenvalue weighted by molar-refractivity contribution is -0.394. The Kier molecular flexibility index (Phi) is 5.93. The number of non-ortho nitro benzene ring substituents is 1. The Morgan fingerprint density at radius 3 is 2.64 bits per heavy atom. The maximum atomic E-state index is 13.2. The Morgan fingerprint density at radius 1 is 1.11 bits per heavy atom. The van der Waals surface area contributed by atoms with Gasteiger partial charge in [0.1, 0.15) is 12.4 Å². The number of benzene rings is 2. The van der Waals surface area contributed by atoms with Gasteiger partial charge in [0.15, 0.2) is 0 Å². The first kappa shape index (κ1) is 19.4. The molecule has 0 aliphatic heterocycles. The maximum absolute atomic E-state index is 13.2. The number of nitro benzene ring substituents is 2. The highest BCUT2D eigenvalue weighted by atomic mass is 19.1. The van der Waals surface area contributed by atoms with E-state index in [1.54, 1.807) is 12.1 Å². The molecule has 0 N–H and O–H groups in total. The third-order valence-corrected chi connectivity index (χ3v) is 4.68. The second-order valence-electron chi connectivity index (χ2n) is 6.54. The highest BCUT2D eigenvalue weighted by Gasteiger charge is 2.30. The Labute approximate surface area is 159 Å². The van der Waals surface area contributed by atoms with Gasteiger partial charge in [0.2, 0.25) is 0 Å². The summed E-state index contributed by atoms with van der Waals surface area (Å²) in [6.45, 7) is 0.0797. The third kappa shape index (κ3) is 4.48. The van der Waals surface area contributed by atoms with Crippen LogP contribution in [0.15, 0.2) is 47.6 Å². The van der Waals surface area contributed by atoms with E-state index in [0.717, 1.165) is 18.9 Å². The average molecular weight is 387 g/mol. The molecule has 1 atom stereocenters. The van der Waals surface area contributed by atoms with Crippen LogP contribution in [0.5, 0.6) is 0 Å². The fourth-order valence-electron chi connectivity index (χ4n) is 3.35. The molecule has 0 saturated heterocycles. The van der Waals surface area contributed by atoms with Crippen LogP contribution in [0.2, 0.25) is 0 Å². The quantitative estimate of drug-likeness (QED) is 0.519. The third-order valence-electron chi connectivity index (χ3n) is 4.68. The number of rotatable bonds is 6. The van der Waals surface area contributed by atoms with E-state index < -0.39 is 9.85 Å². The van der Waals surface area contributed by atoms with Crippen molar-refractivity contribution in [3.8, 4) is 0 Å². The van der Waals surface area contributed by atoms with Crippen LogP contribution >= 0.6 is 0 Å². The average Bonchev–Trinajstić information content (AvgIpc) is 2.68. The fourth-order valence-corrected chi connectivity index (χ4v) is 3.35. The Balaban J connectivity index is 1.84. The number of nitro groups is 2. The van der Waals surface area contributed by atoms with E-state index in [0.29, 0.717) is 29.7 Å². The van der Waals surface area contributed by atoms with Crippen LogP contribution in [-0.2, 0) is 11.4 Å². The van der Waals surface area contributed by atoms with Crippen LogP contribution in [0.25, 0.3) is 0 Å². The number of hydrogen-bond donors (Lipinski definition) is 0. The van der Waals surface area contributed by atoms with Crippen LogP contribution in [0.1, 0.15) is 42.7 Å². The molecule has 1 aliphatic rings. The molecule has 0 bridgehead atoms. The van der Waals surface area contributed by atoms with Gasteiger partial charge in [-0.25, -0.2) is 4.39 Å². The van der Waals surface area contributed by atoms with Crippen LogP contribution in [0, 0.1) is 26.0 Å². The van der Waals surface area contributed by atoms with E-state index in [9.17, 15) is 24.6 Å². The van der Waals surface area contributed by atoms with E-state index in [1.165, 1.54) is 24.3 Å². The molecule has 0 aromatic heterocycles. The van der Waals surface area contributed by atoms with Gasteiger partial charge in [0.05, 0.1) is 21.6 Å². The van der Waals surface area contributed by atoms with Crippen LogP contribution < -0.4 is 0 Å². The minimum atomic E-state index is -0.658. The molecule has 8 nitrogen and oxygen atoms in total. The zero-order chi connectivity index (χ0) is 20.1. The van der Waals surface area contributed by atoms with Gasteiger partial charge in [0, 0.05) is 17.5 Å². The summed E-state index contributed by atoms with van der Waals surface area (Å²) in [6, 6.07) is 9.64. The molecule has 1 fully saturated rings. The molecule has 9 heteroatoms. The SMILES string of the molecule is O=[N+]([O-])c1ccc([C@@H]2CCCC/C2=N/OCc2cccc(F)c2)c([N+](=O)[O-])c1. The normalized spacial score (nSPS) is 18.0. The van der Waals surface area contributed by atoms with Crippen LogP contribution in [0.4, 0.5) is 15.8 Å². The van der Waals surface area contributed by atoms with Crippen LogP contribution in [-0.4, -0.2) is 15.6 Å². The van der Waals surface area contributed by atoms with Gasteiger partial charge < -0.3 is 4.84 Å². The Morgan fingerprint density at radius 2 is 1.93 bits per heavy atom. The molecule has 1 saturated carbocycles. The summed E-state index contributed by atoms with van der Waals surface area (Å²) in [4.78, 5) is 26.5. The van der Waals surface area contributed by atoms with Gasteiger partial charge in [-0.15, -0.1) is 0 Å². The number of nitrogens with zero attached hydrogens (tertiary/aromatic N) is 3. The molecule has 2 aromatic rings. The van der Waals surface area contributed by atoms with E-state index in [2.05, 4.69) is 5.16 Å². The van der Waals surface area contributed by atoms with E-state index in [-0.39, 0.29) is 29.7 Å². The molecule has 28 heavy (non-hydrogen) atoms. The van der Waals surface area contributed by atoms with Crippen molar-refractivity contribution in [2.75, 3.05) is 0 Å². The molecule has 2 aromatic carbocycles. The monoisotopic (exact) mass is 387 g/mol. The van der Waals surface area contributed by atoms with Crippen molar-refractivity contribution in [3.05, 3.63) is 79.6 Å². The second-order valence-corrected chi connectivity index (χ2v) is 6.54. The smallest absolute Gasteiger partial charge is 0.280 e. The summed E-state index contributed by atoms with van der Waals surface area (Å²) in [6.07, 6.45) is 2.99. The molecule has 0 spiro atoms. The predicted molar refractivity (Wildman–Crippen MR) is 99.6 cm³/mol. The Bertz CT molecular complexity index is 932. The van der Waals surface area contributed by atoms with Crippen LogP contribution in [0.3, 0.4) is 0 Å². The fraction of sp³-hybridized carbons (Fsp3) is 0.316. The molecule has 0 radical (unpaired) electrons. The number of oxime groups is 1. The maximum Gasteiger partial charge on any atom is 0.280 e. The molecule has 0 amide bonds. The molecular formula is C19H18FN3O5. The molecule has 146 valence electrons. The van der Waals surface area contributed by atoms with Crippen molar-refractivity contribution in [2.24, 2.45) is 5.16 Å². The summed E-state index contributed by atoms with van der Waals surface area (Å²) in [5, 5.41) is 26.6. The molecule has 0 heterocycles. The van der Waals surface area contributed by atoms with Crippen molar-refractivity contribution in [1.82, 2.24) is 0 Å². The second kappa shape index (κ2) is 8.55. The first-order valence-corrected chi connectivity index (χ1v) is 8.81. The highest BCUT2D eigenvalue weighted by molar-refractivity contribution is 5.92. The number of hydrogen-bond acceptors (Lipinski definition) is 6. The molecule has 1 aliphatic carbocycles. The predicted octanol–water partition coefficient (Wildman–Crippen LogP) is 4.87. The van der Waals surface area contributed by atoms with Crippen molar-refractivity contribution in [2.45, 2.75) is 38.2 Å². The summed E-state index contributed by atoms with van der Waals surface area (Å²) in [7, 11) is 0. The summed E-state index contributed by atoms with van der Waals surface area (Å²) in [5.74, 6) is -0.715. The lowest BCUT2D eigenvalue weighted by Crippen LogP contribution is -2.19. The van der Waals surface area contributed by atoms with Gasteiger partial charge in [-0.1, -0.05) is 23.7 Å². The van der Waals surface area contributed by atoms with E-state index in [1.807, 2.05) is 0 Å². The summed E-state index contributed by atoms with van der Waals surface area (Å²) in [5.41, 5.74) is 1.05. The van der Waals surface area contributed by atoms with E-state index >= 15 is 0 Å². The van der Waals surface area contributed by atoms with Gasteiger partial charge >= 0.3 is 0 Å². The summed E-state index contributed by atoms with van der Waals surface area (Å²) < 4.78 is 13.2. The topological polar surface area (TPSA) is 108 Å². The minimum absolute atomic E-state index is 0.0797. The Hall–Kier alpha value is -3.36. The van der Waals surface area contributed by atoms with Gasteiger partial charge in [0.25, 0.3) is 11.4 Å². The summed E-state index contributed by atoms with van der Waals surface area (Å²) >= 11 is 0. The van der Waals surface area contributed by atoms with E-state index in [4.69, 9.17) is 4.84 Å². The van der Waals surface area contributed by atoms with Gasteiger partial charge in [-0.2, -0.15) is 0 Å². The van der Waals surface area contributed by atoms with Crippen molar-refractivity contribution >= 4 is 17.1 Å². The lowest BCUT2D eigenvalue weighted by Gasteiger charge is -2.23. The van der Waals surface area contributed by atoms with Gasteiger partial charge in [-0.05, 0) is 43.0 Å². The van der Waals surface area contributed by atoms with Gasteiger partial charge in [-0.3, -0.25) is 20.2 Å². The minimum Gasteiger partial charge on any atom is -0.391 e. The number of halogens is 1. The molecule has 0 unspecified atom stereocenters. The first-order valence-electron chi connectivity index (χ1n) is 8.81. The lowest BCUT2D eigenvalue weighted by atomic mass is 9.81. The zero-order valence-corrected chi connectivity index (χ0v) is 14.9. The zero-order valence-electron chi connectivity index (χ0n) is 14.9. The van der Waals surface area contributed by atoms with Crippen molar-refractivity contribution < 1.29 is 19.1 Å². The highest BCUT2D eigenvalue weighted by Crippen LogP contribution is 2.37. The molecular weight excluding hydrogens is 369 g/mol. The largest absolute Gasteiger partial charge is 0.391 e. The van der Waals surface area contributed by atoms with Crippen molar-refractivity contribution in [1.29, 1.82) is 0 Å². The molecule has 3 rings (SSSR count). The standard InChI is InChI=1S/C19H18FN3O5/c20-14-5-3-4-13(10-14)12-28-21-18-7-2-1-6-16(18)17-9-8-15(22(24)25)11-19(17)23(26)27/h3-5,8-11,16H,1-2,6-7,12H2/b21-18-/t16-/m0/s1. The van der Waals surface area contributed by atoms with Crippen molar-refractivity contribution in [3.63, 3.8) is 0 Å². The first-order chi connectivity index (χ1) is 13.5.